The smallest absolute Gasteiger partial charge is 0.347 e. The quantitative estimate of drug-likeness (QED) is 0.858. The minimum atomic E-state index is -4.46. The summed E-state index contributed by atoms with van der Waals surface area (Å²) in [6.45, 7) is -1.18. The lowest BCUT2D eigenvalue weighted by atomic mass is 9.97. The van der Waals surface area contributed by atoms with Crippen molar-refractivity contribution < 1.29 is 26.4 Å². The normalized spacial score (nSPS) is 17.1. The van der Waals surface area contributed by atoms with E-state index in [1.165, 1.54) is 4.31 Å². The first kappa shape index (κ1) is 19.6. The maximum Gasteiger partial charge on any atom is 0.405 e. The summed E-state index contributed by atoms with van der Waals surface area (Å²) in [7, 11) is -3.72. The molecule has 0 aliphatic carbocycles. The summed E-state index contributed by atoms with van der Waals surface area (Å²) in [6.07, 6.45) is -4.08. The van der Waals surface area contributed by atoms with Crippen LogP contribution in [-0.4, -0.2) is 44.4 Å². The van der Waals surface area contributed by atoms with Crippen molar-refractivity contribution in [1.29, 1.82) is 0 Å². The third kappa shape index (κ3) is 4.59. The van der Waals surface area contributed by atoms with E-state index < -0.39 is 34.6 Å². The Hall–Kier alpha value is -2.13. The number of piperidine rings is 1. The zero-order valence-electron chi connectivity index (χ0n) is 14.4. The molecule has 1 N–H and O–H groups in total. The molecule has 1 saturated heterocycles. The first-order valence-electron chi connectivity index (χ1n) is 8.50. The van der Waals surface area contributed by atoms with Crippen LogP contribution in [0.15, 0.2) is 47.4 Å². The summed E-state index contributed by atoms with van der Waals surface area (Å²) in [5.41, 5.74) is 0. The van der Waals surface area contributed by atoms with E-state index in [4.69, 9.17) is 0 Å². The average Bonchev–Trinajstić information content (AvgIpc) is 2.65. The topological polar surface area (TPSA) is 66.5 Å². The third-order valence-corrected chi connectivity index (χ3v) is 6.54. The zero-order chi connectivity index (χ0) is 19.7. The first-order chi connectivity index (χ1) is 12.7. The van der Waals surface area contributed by atoms with Gasteiger partial charge in [-0.25, -0.2) is 8.42 Å². The molecule has 2 aromatic carbocycles. The minimum Gasteiger partial charge on any atom is -0.347 e. The first-order valence-corrected chi connectivity index (χ1v) is 9.94. The van der Waals surface area contributed by atoms with Crippen molar-refractivity contribution in [2.24, 2.45) is 5.92 Å². The van der Waals surface area contributed by atoms with E-state index in [2.05, 4.69) is 0 Å². The number of fused-ring (bicyclic) bond motifs is 1. The molecule has 0 atom stereocenters. The van der Waals surface area contributed by atoms with Crippen molar-refractivity contribution >= 4 is 26.7 Å². The van der Waals surface area contributed by atoms with Gasteiger partial charge in [-0.1, -0.05) is 30.3 Å². The van der Waals surface area contributed by atoms with Gasteiger partial charge in [-0.2, -0.15) is 17.5 Å². The molecule has 0 unspecified atom stereocenters. The summed E-state index contributed by atoms with van der Waals surface area (Å²) < 4.78 is 63.6. The van der Waals surface area contributed by atoms with Crippen LogP contribution < -0.4 is 5.32 Å². The number of amides is 1. The van der Waals surface area contributed by atoms with Crippen molar-refractivity contribution in [3.05, 3.63) is 42.5 Å². The van der Waals surface area contributed by atoms with E-state index in [1.807, 2.05) is 29.6 Å². The molecular weight excluding hydrogens is 381 g/mol. The molecule has 0 bridgehead atoms. The Bertz CT molecular complexity index is 936. The van der Waals surface area contributed by atoms with Gasteiger partial charge in [0.25, 0.3) is 0 Å². The molecule has 1 fully saturated rings. The number of hydrogen-bond acceptors (Lipinski definition) is 3. The molecule has 0 spiro atoms. The van der Waals surface area contributed by atoms with Crippen LogP contribution in [0.4, 0.5) is 13.2 Å². The highest BCUT2D eigenvalue weighted by atomic mass is 32.2. The fraction of sp³-hybridized carbons (Fsp3) is 0.389. The number of hydrogen-bond donors (Lipinski definition) is 1. The van der Waals surface area contributed by atoms with Crippen molar-refractivity contribution in [3.8, 4) is 0 Å². The molecule has 1 aliphatic rings. The molecule has 146 valence electrons. The second kappa shape index (κ2) is 7.47. The molecule has 5 nitrogen and oxygen atoms in total. The summed E-state index contributed by atoms with van der Waals surface area (Å²) in [5.74, 6) is -1.30. The lowest BCUT2D eigenvalue weighted by Gasteiger charge is -2.30. The Morgan fingerprint density at radius 1 is 1.07 bits per heavy atom. The van der Waals surface area contributed by atoms with Crippen molar-refractivity contribution in [1.82, 2.24) is 9.62 Å². The van der Waals surface area contributed by atoms with Gasteiger partial charge < -0.3 is 5.32 Å². The number of alkyl halides is 3. The lowest BCUT2D eigenvalue weighted by molar-refractivity contribution is -0.141. The van der Waals surface area contributed by atoms with Crippen LogP contribution in [0.2, 0.25) is 0 Å². The summed E-state index contributed by atoms with van der Waals surface area (Å²) in [6, 6.07) is 12.3. The number of rotatable bonds is 4. The Labute approximate surface area is 155 Å². The van der Waals surface area contributed by atoms with Crippen LogP contribution in [0.5, 0.6) is 0 Å². The molecular formula is C18H19F3N2O3S. The van der Waals surface area contributed by atoms with Crippen LogP contribution in [-0.2, 0) is 14.8 Å². The lowest BCUT2D eigenvalue weighted by Crippen LogP contribution is -2.44. The van der Waals surface area contributed by atoms with Crippen LogP contribution in [0, 0.1) is 5.92 Å². The van der Waals surface area contributed by atoms with Crippen LogP contribution >= 0.6 is 0 Å². The molecule has 9 heteroatoms. The van der Waals surface area contributed by atoms with Gasteiger partial charge in [-0.3, -0.25) is 4.79 Å². The summed E-state index contributed by atoms with van der Waals surface area (Å²) >= 11 is 0. The van der Waals surface area contributed by atoms with Gasteiger partial charge in [0.2, 0.25) is 15.9 Å². The predicted molar refractivity (Wildman–Crippen MR) is 94.5 cm³/mol. The van der Waals surface area contributed by atoms with E-state index in [0.717, 1.165) is 10.8 Å². The molecule has 1 aliphatic heterocycles. The number of nitrogens with zero attached hydrogens (tertiary/aromatic N) is 1. The summed E-state index contributed by atoms with van der Waals surface area (Å²) in [5, 5.41) is 3.60. The maximum absolute atomic E-state index is 12.8. The molecule has 1 amide bonds. The van der Waals surface area contributed by atoms with Crippen LogP contribution in [0.1, 0.15) is 12.8 Å². The fourth-order valence-corrected chi connectivity index (χ4v) is 4.67. The maximum atomic E-state index is 12.8. The Morgan fingerprint density at radius 3 is 2.33 bits per heavy atom. The summed E-state index contributed by atoms with van der Waals surface area (Å²) in [4.78, 5) is 12.0. The van der Waals surface area contributed by atoms with Crippen LogP contribution in [0.25, 0.3) is 10.8 Å². The van der Waals surface area contributed by atoms with Gasteiger partial charge in [-0.05, 0) is 35.7 Å². The van der Waals surface area contributed by atoms with Crippen molar-refractivity contribution in [2.75, 3.05) is 19.6 Å². The second-order valence-electron chi connectivity index (χ2n) is 6.52. The van der Waals surface area contributed by atoms with E-state index in [-0.39, 0.29) is 30.8 Å². The fourth-order valence-electron chi connectivity index (χ4n) is 3.17. The molecule has 1 heterocycles. The Balaban J connectivity index is 1.66. The van der Waals surface area contributed by atoms with Gasteiger partial charge in [-0.15, -0.1) is 0 Å². The molecule has 3 rings (SSSR count). The highest BCUT2D eigenvalue weighted by molar-refractivity contribution is 7.89. The van der Waals surface area contributed by atoms with Crippen molar-refractivity contribution in [2.45, 2.75) is 23.9 Å². The number of halogens is 3. The SMILES string of the molecule is O=C(NCC(F)(F)F)C1CCN(S(=O)(=O)c2ccc3ccccc3c2)CC1. The van der Waals surface area contributed by atoms with Crippen LogP contribution in [0.3, 0.4) is 0 Å². The average molecular weight is 400 g/mol. The standard InChI is InChI=1S/C18H19F3N2O3S/c19-18(20,21)12-22-17(24)14-7-9-23(10-8-14)27(25,26)16-6-5-13-3-1-2-4-15(13)11-16/h1-6,11,14H,7-10,12H2,(H,22,24). The number of carbonyl (C=O) groups is 1. The zero-order valence-corrected chi connectivity index (χ0v) is 15.2. The van der Waals surface area contributed by atoms with Gasteiger partial charge in [0.15, 0.2) is 0 Å². The molecule has 0 radical (unpaired) electrons. The van der Waals surface area contributed by atoms with Gasteiger partial charge in [0.05, 0.1) is 4.90 Å². The number of carbonyl (C=O) groups excluding carboxylic acids is 1. The molecule has 0 saturated carbocycles. The Kier molecular flexibility index (Phi) is 5.43. The Morgan fingerprint density at radius 2 is 1.70 bits per heavy atom. The van der Waals surface area contributed by atoms with E-state index >= 15 is 0 Å². The van der Waals surface area contributed by atoms with E-state index in [9.17, 15) is 26.4 Å². The second-order valence-corrected chi connectivity index (χ2v) is 8.46. The van der Waals surface area contributed by atoms with Gasteiger partial charge in [0.1, 0.15) is 6.54 Å². The largest absolute Gasteiger partial charge is 0.405 e. The minimum absolute atomic E-state index is 0.0965. The van der Waals surface area contributed by atoms with Crippen molar-refractivity contribution in [3.63, 3.8) is 0 Å². The number of nitrogens with one attached hydrogen (secondary N) is 1. The highest BCUT2D eigenvalue weighted by Crippen LogP contribution is 2.26. The predicted octanol–water partition coefficient (Wildman–Crippen LogP) is 2.92. The number of sulfonamides is 1. The van der Waals surface area contributed by atoms with E-state index in [0.29, 0.717) is 0 Å². The monoisotopic (exact) mass is 400 g/mol. The molecule has 0 aromatic heterocycles. The van der Waals surface area contributed by atoms with Gasteiger partial charge in [0, 0.05) is 19.0 Å². The number of benzene rings is 2. The molecule has 27 heavy (non-hydrogen) atoms. The molecule has 2 aromatic rings. The highest BCUT2D eigenvalue weighted by Gasteiger charge is 2.34. The third-order valence-electron chi connectivity index (χ3n) is 4.65. The van der Waals surface area contributed by atoms with Gasteiger partial charge >= 0.3 is 6.18 Å². The van der Waals surface area contributed by atoms with E-state index in [1.54, 1.807) is 18.2 Å².